The number of carbonyl (C=O) groups excluding carboxylic acids is 2. The number of benzene rings is 2. The van der Waals surface area contributed by atoms with Crippen LogP contribution in [-0.2, 0) is 15.8 Å². The van der Waals surface area contributed by atoms with E-state index >= 15 is 0 Å². The maximum absolute atomic E-state index is 12.9. The van der Waals surface area contributed by atoms with Crippen molar-refractivity contribution in [2.24, 2.45) is 5.92 Å². The summed E-state index contributed by atoms with van der Waals surface area (Å²) in [6.07, 6.45) is 1.02. The lowest BCUT2D eigenvalue weighted by Crippen LogP contribution is -2.41. The highest BCUT2D eigenvalue weighted by Gasteiger charge is 2.30. The third-order valence-electron chi connectivity index (χ3n) is 6.20. The largest absolute Gasteiger partial charge is 0.490 e. The van der Waals surface area contributed by atoms with Crippen LogP contribution >= 0.6 is 0 Å². The highest BCUT2D eigenvalue weighted by molar-refractivity contribution is 6.02. The molecular formula is C28H30F3N3O4. The molecule has 1 aliphatic rings. The molecular weight excluding hydrogens is 499 g/mol. The standard InChI is InChI=1S/C28H30F3N3O4/c1-3-37-25-14-19(13-20(16-32)27(36)34-23-10-5-4-7-18(23)2)11-12-24(25)38-17-26(35)33-22-9-6-8-21(15-22)28(29,30)31/h6,8-9,11-15,18,23H,3-5,7,10,17H2,1-2H3,(H,33,35)(H,34,36)/b20-13+/t18-,23-/m0/s1. The van der Waals surface area contributed by atoms with Crippen LogP contribution in [0, 0.1) is 17.2 Å². The van der Waals surface area contributed by atoms with Gasteiger partial charge in [0.15, 0.2) is 18.1 Å². The minimum atomic E-state index is -4.53. The van der Waals surface area contributed by atoms with Gasteiger partial charge in [-0.2, -0.15) is 18.4 Å². The number of nitriles is 1. The summed E-state index contributed by atoms with van der Waals surface area (Å²) >= 11 is 0. The number of hydrogen-bond donors (Lipinski definition) is 2. The van der Waals surface area contributed by atoms with E-state index in [-0.39, 0.29) is 35.4 Å². The van der Waals surface area contributed by atoms with E-state index in [1.54, 1.807) is 19.1 Å². The molecule has 2 aromatic carbocycles. The molecule has 0 aliphatic heterocycles. The van der Waals surface area contributed by atoms with Gasteiger partial charge in [0, 0.05) is 11.7 Å². The number of nitrogens with one attached hydrogen (secondary N) is 2. The summed E-state index contributed by atoms with van der Waals surface area (Å²) in [6.45, 7) is 3.65. The average molecular weight is 530 g/mol. The van der Waals surface area contributed by atoms with Gasteiger partial charge in [-0.1, -0.05) is 31.9 Å². The molecule has 1 fully saturated rings. The van der Waals surface area contributed by atoms with Gasteiger partial charge in [0.05, 0.1) is 12.2 Å². The van der Waals surface area contributed by atoms with Crippen molar-refractivity contribution in [3.63, 3.8) is 0 Å². The fourth-order valence-electron chi connectivity index (χ4n) is 4.21. The maximum Gasteiger partial charge on any atom is 0.416 e. The first-order chi connectivity index (χ1) is 18.1. The number of rotatable bonds is 9. The van der Waals surface area contributed by atoms with E-state index in [0.29, 0.717) is 11.5 Å². The highest BCUT2D eigenvalue weighted by atomic mass is 19.4. The van der Waals surface area contributed by atoms with Crippen LogP contribution in [0.2, 0.25) is 0 Å². The third-order valence-corrected chi connectivity index (χ3v) is 6.20. The van der Waals surface area contributed by atoms with Crippen LogP contribution in [-0.4, -0.2) is 31.1 Å². The molecule has 2 atom stereocenters. The Morgan fingerprint density at radius 2 is 1.87 bits per heavy atom. The lowest BCUT2D eigenvalue weighted by molar-refractivity contribution is -0.137. The highest BCUT2D eigenvalue weighted by Crippen LogP contribution is 2.31. The van der Waals surface area contributed by atoms with Crippen molar-refractivity contribution in [2.45, 2.75) is 51.7 Å². The minimum Gasteiger partial charge on any atom is -0.490 e. The number of carbonyl (C=O) groups is 2. The number of hydrogen-bond acceptors (Lipinski definition) is 5. The molecule has 0 heterocycles. The molecule has 0 spiro atoms. The second-order valence-electron chi connectivity index (χ2n) is 9.07. The number of nitrogens with zero attached hydrogens (tertiary/aromatic N) is 1. The summed E-state index contributed by atoms with van der Waals surface area (Å²) in [4.78, 5) is 25.0. The first-order valence-electron chi connectivity index (χ1n) is 12.4. The van der Waals surface area contributed by atoms with Gasteiger partial charge in [-0.15, -0.1) is 0 Å². The van der Waals surface area contributed by atoms with Crippen LogP contribution in [0.1, 0.15) is 50.7 Å². The van der Waals surface area contributed by atoms with E-state index < -0.39 is 30.2 Å². The Labute approximate surface area is 219 Å². The summed E-state index contributed by atoms with van der Waals surface area (Å²) in [5, 5.41) is 14.9. The van der Waals surface area contributed by atoms with Gasteiger partial charge < -0.3 is 20.1 Å². The molecule has 202 valence electrons. The summed E-state index contributed by atoms with van der Waals surface area (Å²) in [6, 6.07) is 11.0. The fraction of sp³-hybridized carbons (Fsp3) is 0.393. The molecule has 2 N–H and O–H groups in total. The Hall–Kier alpha value is -4.00. The molecule has 0 aromatic heterocycles. The van der Waals surface area contributed by atoms with E-state index in [0.717, 1.165) is 37.8 Å². The molecule has 7 nitrogen and oxygen atoms in total. The predicted octanol–water partition coefficient (Wildman–Crippen LogP) is 5.72. The fourth-order valence-corrected chi connectivity index (χ4v) is 4.21. The van der Waals surface area contributed by atoms with Crippen LogP contribution in [0.15, 0.2) is 48.0 Å². The molecule has 1 saturated carbocycles. The average Bonchev–Trinajstić information content (AvgIpc) is 2.88. The van der Waals surface area contributed by atoms with E-state index in [2.05, 4.69) is 17.6 Å². The van der Waals surface area contributed by atoms with Crippen LogP contribution < -0.4 is 20.1 Å². The van der Waals surface area contributed by atoms with Gasteiger partial charge in [0.1, 0.15) is 11.6 Å². The number of ether oxygens (including phenoxy) is 2. The second-order valence-corrected chi connectivity index (χ2v) is 9.07. The lowest BCUT2D eigenvalue weighted by Gasteiger charge is -2.29. The molecule has 0 unspecified atom stereocenters. The maximum atomic E-state index is 12.9. The van der Waals surface area contributed by atoms with Crippen molar-refractivity contribution >= 4 is 23.6 Å². The van der Waals surface area contributed by atoms with E-state index in [1.807, 2.05) is 6.07 Å². The zero-order valence-electron chi connectivity index (χ0n) is 21.2. The normalized spacial score (nSPS) is 17.7. The third kappa shape index (κ3) is 8.00. The Bertz CT molecular complexity index is 1220. The molecule has 0 bridgehead atoms. The van der Waals surface area contributed by atoms with E-state index in [1.165, 1.54) is 24.3 Å². The Balaban J connectivity index is 1.67. The smallest absolute Gasteiger partial charge is 0.416 e. The van der Waals surface area contributed by atoms with Crippen molar-refractivity contribution in [1.29, 1.82) is 5.26 Å². The van der Waals surface area contributed by atoms with Crippen LogP contribution in [0.4, 0.5) is 18.9 Å². The Kier molecular flexibility index (Phi) is 9.77. The van der Waals surface area contributed by atoms with Gasteiger partial charge in [-0.25, -0.2) is 0 Å². The Morgan fingerprint density at radius 1 is 1.11 bits per heavy atom. The number of amides is 2. The van der Waals surface area contributed by atoms with Gasteiger partial charge in [0.25, 0.3) is 11.8 Å². The van der Waals surface area contributed by atoms with Gasteiger partial charge >= 0.3 is 6.18 Å². The van der Waals surface area contributed by atoms with Crippen molar-refractivity contribution in [3.05, 3.63) is 59.2 Å². The molecule has 0 saturated heterocycles. The zero-order valence-corrected chi connectivity index (χ0v) is 21.2. The number of halogens is 3. The van der Waals surface area contributed by atoms with E-state index in [4.69, 9.17) is 9.47 Å². The Morgan fingerprint density at radius 3 is 2.55 bits per heavy atom. The minimum absolute atomic E-state index is 0.0103. The molecule has 1 aliphatic carbocycles. The lowest BCUT2D eigenvalue weighted by atomic mass is 9.86. The number of alkyl halides is 3. The van der Waals surface area contributed by atoms with Gasteiger partial charge in [-0.3, -0.25) is 9.59 Å². The molecule has 0 radical (unpaired) electrons. The molecule has 38 heavy (non-hydrogen) atoms. The van der Waals surface area contributed by atoms with Crippen molar-refractivity contribution in [1.82, 2.24) is 5.32 Å². The quantitative estimate of drug-likeness (QED) is 0.320. The first kappa shape index (κ1) is 28.6. The topological polar surface area (TPSA) is 100 Å². The summed E-state index contributed by atoms with van der Waals surface area (Å²) in [5.41, 5.74) is -0.405. The van der Waals surface area contributed by atoms with Crippen molar-refractivity contribution in [3.8, 4) is 17.6 Å². The van der Waals surface area contributed by atoms with Gasteiger partial charge in [0.2, 0.25) is 0 Å². The van der Waals surface area contributed by atoms with Crippen molar-refractivity contribution in [2.75, 3.05) is 18.5 Å². The summed E-state index contributed by atoms with van der Waals surface area (Å²) < 4.78 is 49.8. The molecule has 2 amide bonds. The van der Waals surface area contributed by atoms with E-state index in [9.17, 15) is 28.0 Å². The summed E-state index contributed by atoms with van der Waals surface area (Å²) in [5.74, 6) is -0.236. The SMILES string of the molecule is CCOc1cc(/C=C(\C#N)C(=O)N[C@H]2CCCC[C@@H]2C)ccc1OCC(=O)Nc1cccc(C(F)(F)F)c1. The van der Waals surface area contributed by atoms with Gasteiger partial charge in [-0.05, 0) is 67.7 Å². The molecule has 3 rings (SSSR count). The molecule has 10 heteroatoms. The van der Waals surface area contributed by atoms with Crippen LogP contribution in [0.5, 0.6) is 11.5 Å². The monoisotopic (exact) mass is 529 g/mol. The van der Waals surface area contributed by atoms with Crippen LogP contribution in [0.3, 0.4) is 0 Å². The van der Waals surface area contributed by atoms with Crippen molar-refractivity contribution < 1.29 is 32.2 Å². The summed E-state index contributed by atoms with van der Waals surface area (Å²) in [7, 11) is 0. The van der Waals surface area contributed by atoms with Crippen LogP contribution in [0.25, 0.3) is 6.08 Å². The first-order valence-corrected chi connectivity index (χ1v) is 12.4. The molecule has 2 aromatic rings. The predicted molar refractivity (Wildman–Crippen MR) is 136 cm³/mol. The second kappa shape index (κ2) is 13.0. The zero-order chi connectivity index (χ0) is 27.7. The number of anilines is 1.